The molecule has 0 unspecified atom stereocenters. The minimum absolute atomic E-state index is 0.0644. The largest absolute Gasteiger partial charge is 0.469 e. The zero-order chi connectivity index (χ0) is 15.5. The number of nitrogens with one attached hydrogen (secondary N) is 1. The van der Waals surface area contributed by atoms with Crippen molar-refractivity contribution in [3.8, 4) is 0 Å². The van der Waals surface area contributed by atoms with Crippen LogP contribution in [0.1, 0.15) is 25.7 Å². The Morgan fingerprint density at radius 2 is 1.76 bits per heavy atom. The fraction of sp³-hybridized carbons (Fsp3) is 0.923. The molecule has 8 heteroatoms. The lowest BCUT2D eigenvalue weighted by Crippen LogP contribution is -2.51. The molecule has 0 saturated carbocycles. The maximum Gasteiger partial charge on any atom is 0.308 e. The summed E-state index contributed by atoms with van der Waals surface area (Å²) in [4.78, 5) is 11.5. The monoisotopic (exact) mass is 319 g/mol. The molecular weight excluding hydrogens is 294 g/mol. The van der Waals surface area contributed by atoms with Gasteiger partial charge in [-0.1, -0.05) is 0 Å². The Morgan fingerprint density at radius 3 is 2.29 bits per heavy atom. The van der Waals surface area contributed by atoms with Gasteiger partial charge in [-0.25, -0.2) is 0 Å². The number of carbonyl (C=O) groups is 1. The molecule has 1 N–H and O–H groups in total. The molecule has 2 fully saturated rings. The summed E-state index contributed by atoms with van der Waals surface area (Å²) in [5.74, 6) is -0.413. The van der Waals surface area contributed by atoms with E-state index < -0.39 is 10.2 Å². The van der Waals surface area contributed by atoms with Crippen molar-refractivity contribution in [2.75, 3.05) is 40.3 Å². The topological polar surface area (TPSA) is 79.0 Å². The first-order chi connectivity index (χ1) is 9.96. The molecule has 0 bridgehead atoms. The van der Waals surface area contributed by atoms with Gasteiger partial charge in [-0.15, -0.1) is 0 Å². The summed E-state index contributed by atoms with van der Waals surface area (Å²) < 4.78 is 33.0. The molecule has 0 amide bonds. The van der Waals surface area contributed by atoms with E-state index in [9.17, 15) is 13.2 Å². The van der Waals surface area contributed by atoms with E-state index in [4.69, 9.17) is 4.74 Å². The van der Waals surface area contributed by atoms with E-state index in [-0.39, 0.29) is 17.9 Å². The normalized spacial score (nSPS) is 23.4. The molecule has 2 saturated heterocycles. The van der Waals surface area contributed by atoms with Crippen LogP contribution in [0.3, 0.4) is 0 Å². The number of esters is 1. The average Bonchev–Trinajstić information content (AvgIpc) is 2.54. The Kier molecular flexibility index (Phi) is 5.59. The van der Waals surface area contributed by atoms with Gasteiger partial charge in [-0.3, -0.25) is 4.79 Å². The summed E-state index contributed by atoms with van der Waals surface area (Å²) in [5.41, 5.74) is 0. The van der Waals surface area contributed by atoms with Gasteiger partial charge in [0.2, 0.25) is 0 Å². The highest BCUT2D eigenvalue weighted by Crippen LogP contribution is 2.24. The fourth-order valence-electron chi connectivity index (χ4n) is 3.03. The van der Waals surface area contributed by atoms with E-state index in [0.29, 0.717) is 25.9 Å². The van der Waals surface area contributed by atoms with Gasteiger partial charge < -0.3 is 10.1 Å². The maximum atomic E-state index is 12.6. The average molecular weight is 319 g/mol. The SMILES string of the molecule is COC(=O)C1CCN(S(=O)(=O)N(C)C2CCNCC2)CC1. The molecule has 0 radical (unpaired) electrons. The molecule has 0 aromatic heterocycles. The van der Waals surface area contributed by atoms with Crippen molar-refractivity contribution < 1.29 is 17.9 Å². The molecule has 0 aliphatic carbocycles. The molecule has 2 aliphatic heterocycles. The van der Waals surface area contributed by atoms with E-state index in [2.05, 4.69) is 5.32 Å². The number of hydrogen-bond donors (Lipinski definition) is 1. The molecule has 2 rings (SSSR count). The molecule has 0 aromatic carbocycles. The summed E-state index contributed by atoms with van der Waals surface area (Å²) in [5, 5.41) is 3.24. The van der Waals surface area contributed by atoms with Gasteiger partial charge in [-0.05, 0) is 38.8 Å². The van der Waals surface area contributed by atoms with E-state index in [1.165, 1.54) is 15.7 Å². The van der Waals surface area contributed by atoms with Gasteiger partial charge in [0, 0.05) is 26.2 Å². The zero-order valence-corrected chi connectivity index (χ0v) is 13.6. The second kappa shape index (κ2) is 7.04. The van der Waals surface area contributed by atoms with Crippen LogP contribution in [0.15, 0.2) is 0 Å². The lowest BCUT2D eigenvalue weighted by atomic mass is 9.99. The van der Waals surface area contributed by atoms with E-state index >= 15 is 0 Å². The molecular formula is C13H25N3O4S. The number of carbonyl (C=O) groups excluding carboxylic acids is 1. The third-order valence-corrected chi connectivity index (χ3v) is 6.55. The number of ether oxygens (including phenoxy) is 1. The molecule has 0 spiro atoms. The first-order valence-corrected chi connectivity index (χ1v) is 8.88. The highest BCUT2D eigenvalue weighted by Gasteiger charge is 2.36. The smallest absolute Gasteiger partial charge is 0.308 e. The van der Waals surface area contributed by atoms with Gasteiger partial charge >= 0.3 is 5.97 Å². The molecule has 0 atom stereocenters. The van der Waals surface area contributed by atoms with Gasteiger partial charge in [0.15, 0.2) is 0 Å². The fourth-order valence-corrected chi connectivity index (χ4v) is 4.65. The predicted molar refractivity (Wildman–Crippen MR) is 78.9 cm³/mol. The third kappa shape index (κ3) is 3.74. The summed E-state index contributed by atoms with van der Waals surface area (Å²) in [6, 6.07) is 0.0644. The Balaban J connectivity index is 1.95. The minimum Gasteiger partial charge on any atom is -0.469 e. The van der Waals surface area contributed by atoms with Crippen molar-refractivity contribution in [3.63, 3.8) is 0 Å². The standard InChI is InChI=1S/C13H25N3O4S/c1-15(12-3-7-14-8-4-12)21(18,19)16-9-5-11(6-10-16)13(17)20-2/h11-12,14H,3-10H2,1-2H3. The Morgan fingerprint density at radius 1 is 1.19 bits per heavy atom. The van der Waals surface area contributed by atoms with Crippen LogP contribution in [-0.4, -0.2) is 69.4 Å². The lowest BCUT2D eigenvalue weighted by molar-refractivity contribution is -0.146. The molecule has 122 valence electrons. The Hall–Kier alpha value is -0.700. The van der Waals surface area contributed by atoms with Gasteiger partial charge in [0.25, 0.3) is 10.2 Å². The number of methoxy groups -OCH3 is 1. The number of hydrogen-bond acceptors (Lipinski definition) is 5. The summed E-state index contributed by atoms with van der Waals surface area (Å²) in [6.45, 7) is 2.48. The van der Waals surface area contributed by atoms with Crippen LogP contribution in [0.25, 0.3) is 0 Å². The quantitative estimate of drug-likeness (QED) is 0.726. The van der Waals surface area contributed by atoms with Crippen LogP contribution >= 0.6 is 0 Å². The van der Waals surface area contributed by atoms with Crippen molar-refractivity contribution in [1.82, 2.24) is 13.9 Å². The van der Waals surface area contributed by atoms with Crippen molar-refractivity contribution >= 4 is 16.2 Å². The second-order valence-corrected chi connectivity index (χ2v) is 7.69. The Labute approximate surface area is 126 Å². The molecule has 21 heavy (non-hydrogen) atoms. The van der Waals surface area contributed by atoms with Crippen LogP contribution in [-0.2, 0) is 19.7 Å². The zero-order valence-electron chi connectivity index (χ0n) is 12.7. The summed E-state index contributed by atoms with van der Waals surface area (Å²) in [7, 11) is -0.395. The number of nitrogens with zero attached hydrogens (tertiary/aromatic N) is 2. The highest BCUT2D eigenvalue weighted by atomic mass is 32.2. The van der Waals surface area contributed by atoms with Crippen LogP contribution in [0.2, 0.25) is 0 Å². The number of piperidine rings is 2. The number of rotatable bonds is 4. The van der Waals surface area contributed by atoms with Crippen LogP contribution < -0.4 is 5.32 Å². The van der Waals surface area contributed by atoms with Gasteiger partial charge in [0.1, 0.15) is 0 Å². The van der Waals surface area contributed by atoms with E-state index in [1.807, 2.05) is 0 Å². The van der Waals surface area contributed by atoms with Crippen LogP contribution in [0, 0.1) is 5.92 Å². The van der Waals surface area contributed by atoms with Crippen molar-refractivity contribution in [1.29, 1.82) is 0 Å². The highest BCUT2D eigenvalue weighted by molar-refractivity contribution is 7.86. The first-order valence-electron chi connectivity index (χ1n) is 7.48. The predicted octanol–water partition coefficient (Wildman–Crippen LogP) is -0.200. The molecule has 7 nitrogen and oxygen atoms in total. The third-order valence-electron chi connectivity index (χ3n) is 4.50. The summed E-state index contributed by atoms with van der Waals surface area (Å²) in [6.07, 6.45) is 2.75. The van der Waals surface area contributed by atoms with Gasteiger partial charge in [0.05, 0.1) is 13.0 Å². The Bertz CT molecular complexity index is 454. The first kappa shape index (κ1) is 16.7. The van der Waals surface area contributed by atoms with Crippen molar-refractivity contribution in [3.05, 3.63) is 0 Å². The van der Waals surface area contributed by atoms with Crippen LogP contribution in [0.5, 0.6) is 0 Å². The second-order valence-electron chi connectivity index (χ2n) is 5.70. The van der Waals surface area contributed by atoms with Crippen LogP contribution in [0.4, 0.5) is 0 Å². The minimum atomic E-state index is -3.43. The maximum absolute atomic E-state index is 12.6. The van der Waals surface area contributed by atoms with Gasteiger partial charge in [-0.2, -0.15) is 17.0 Å². The van der Waals surface area contributed by atoms with Crippen molar-refractivity contribution in [2.45, 2.75) is 31.7 Å². The molecule has 0 aromatic rings. The summed E-state index contributed by atoms with van der Waals surface area (Å²) >= 11 is 0. The van der Waals surface area contributed by atoms with E-state index in [0.717, 1.165) is 25.9 Å². The lowest BCUT2D eigenvalue weighted by Gasteiger charge is -2.37. The molecule has 2 aliphatic rings. The van der Waals surface area contributed by atoms with Crippen molar-refractivity contribution in [2.24, 2.45) is 5.92 Å². The van der Waals surface area contributed by atoms with E-state index in [1.54, 1.807) is 7.05 Å². The molecule has 2 heterocycles.